The minimum absolute atomic E-state index is 0.266. The number of hydrogen-bond donors (Lipinski definition) is 2. The molecule has 2 N–H and O–H groups in total. The molecule has 25 heavy (non-hydrogen) atoms. The first-order valence-corrected chi connectivity index (χ1v) is 8.67. The summed E-state index contributed by atoms with van der Waals surface area (Å²) in [6.45, 7) is 6.39. The van der Waals surface area contributed by atoms with Crippen LogP contribution in [0.1, 0.15) is 25.8 Å². The maximum absolute atomic E-state index is 13.2. The summed E-state index contributed by atoms with van der Waals surface area (Å²) >= 11 is 6.19. The van der Waals surface area contributed by atoms with E-state index in [1.165, 1.54) is 12.1 Å². The van der Waals surface area contributed by atoms with E-state index in [-0.39, 0.29) is 11.2 Å². The second-order valence-electron chi connectivity index (χ2n) is 6.48. The Morgan fingerprint density at radius 2 is 2.16 bits per heavy atom. The van der Waals surface area contributed by atoms with E-state index in [2.05, 4.69) is 34.6 Å². The van der Waals surface area contributed by atoms with Gasteiger partial charge in [-0.3, -0.25) is 9.67 Å². The molecule has 1 aromatic heterocycles. The molecule has 0 radical (unpaired) electrons. The van der Waals surface area contributed by atoms with E-state index in [4.69, 9.17) is 11.6 Å². The van der Waals surface area contributed by atoms with Gasteiger partial charge in [0.15, 0.2) is 5.96 Å². The van der Waals surface area contributed by atoms with Gasteiger partial charge in [0.25, 0.3) is 0 Å². The number of nitrogens with one attached hydrogen (secondary N) is 2. The Morgan fingerprint density at radius 3 is 2.80 bits per heavy atom. The summed E-state index contributed by atoms with van der Waals surface area (Å²) in [4.78, 5) is 4.23. The van der Waals surface area contributed by atoms with Crippen LogP contribution in [0.5, 0.6) is 0 Å². The van der Waals surface area contributed by atoms with Crippen LogP contribution in [0.15, 0.2) is 41.7 Å². The summed E-state index contributed by atoms with van der Waals surface area (Å²) in [7, 11) is 1.74. The molecule has 0 amide bonds. The summed E-state index contributed by atoms with van der Waals surface area (Å²) in [5.74, 6) is 0.402. The molecule has 0 atom stereocenters. The lowest BCUT2D eigenvalue weighted by atomic mass is 9.84. The Hall–Kier alpha value is -2.08. The molecular weight excluding hydrogens is 341 g/mol. The number of nitrogens with zero attached hydrogens (tertiary/aromatic N) is 3. The summed E-state index contributed by atoms with van der Waals surface area (Å²) < 4.78 is 15.1. The molecule has 0 fully saturated rings. The fourth-order valence-electron chi connectivity index (χ4n) is 2.54. The van der Waals surface area contributed by atoms with Gasteiger partial charge in [-0.15, -0.1) is 0 Å². The van der Waals surface area contributed by atoms with Crippen LogP contribution in [-0.2, 0) is 12.0 Å². The van der Waals surface area contributed by atoms with Crippen molar-refractivity contribution in [1.82, 2.24) is 20.4 Å². The summed E-state index contributed by atoms with van der Waals surface area (Å²) in [6.07, 6.45) is 4.66. The standard InChI is InChI=1S/C18H25ClFN5/c1-18(2,15-7-6-14(20)12-16(15)19)13-23-17(21-3)22-8-4-10-25-11-5-9-24-25/h5-7,9,11-12H,4,8,10,13H2,1-3H3,(H2,21,22,23). The fourth-order valence-corrected chi connectivity index (χ4v) is 2.96. The largest absolute Gasteiger partial charge is 0.356 e. The smallest absolute Gasteiger partial charge is 0.191 e. The van der Waals surface area contributed by atoms with Crippen molar-refractivity contribution in [1.29, 1.82) is 0 Å². The van der Waals surface area contributed by atoms with Crippen LogP contribution < -0.4 is 10.6 Å². The Balaban J connectivity index is 1.82. The molecule has 5 nitrogen and oxygen atoms in total. The van der Waals surface area contributed by atoms with E-state index >= 15 is 0 Å². The fraction of sp³-hybridized carbons (Fsp3) is 0.444. The normalized spacial score (nSPS) is 12.3. The summed E-state index contributed by atoms with van der Waals surface area (Å²) in [5, 5.41) is 11.2. The Kier molecular flexibility index (Phi) is 6.82. The highest BCUT2D eigenvalue weighted by molar-refractivity contribution is 6.31. The van der Waals surface area contributed by atoms with E-state index in [1.807, 2.05) is 16.9 Å². The second-order valence-corrected chi connectivity index (χ2v) is 6.89. The summed E-state index contributed by atoms with van der Waals surface area (Å²) in [6, 6.07) is 6.43. The first-order valence-electron chi connectivity index (χ1n) is 8.30. The second kappa shape index (κ2) is 8.85. The number of aliphatic imine (C=N–C) groups is 1. The van der Waals surface area contributed by atoms with E-state index < -0.39 is 0 Å². The van der Waals surface area contributed by atoms with Crippen LogP contribution in [0.4, 0.5) is 4.39 Å². The van der Waals surface area contributed by atoms with Gasteiger partial charge in [-0.2, -0.15) is 5.10 Å². The van der Waals surface area contributed by atoms with Gasteiger partial charge in [0.1, 0.15) is 5.82 Å². The van der Waals surface area contributed by atoms with E-state index in [0.717, 1.165) is 31.0 Å². The molecule has 1 aromatic carbocycles. The highest BCUT2D eigenvalue weighted by atomic mass is 35.5. The molecule has 1 heterocycles. The minimum atomic E-state index is -0.327. The molecule has 136 valence electrons. The Labute approximate surface area is 153 Å². The van der Waals surface area contributed by atoms with Gasteiger partial charge in [-0.25, -0.2) is 4.39 Å². The lowest BCUT2D eigenvalue weighted by Crippen LogP contribution is -2.44. The lowest BCUT2D eigenvalue weighted by molar-refractivity contribution is 0.505. The predicted molar refractivity (Wildman–Crippen MR) is 101 cm³/mol. The van der Waals surface area contributed by atoms with Crippen LogP contribution in [0, 0.1) is 5.82 Å². The molecule has 0 bridgehead atoms. The van der Waals surface area contributed by atoms with Crippen molar-refractivity contribution in [2.75, 3.05) is 20.1 Å². The summed E-state index contributed by atoms with van der Waals surface area (Å²) in [5.41, 5.74) is 0.634. The zero-order valence-electron chi connectivity index (χ0n) is 14.9. The number of guanidine groups is 1. The molecule has 0 aliphatic heterocycles. The first kappa shape index (κ1) is 19.2. The molecule has 7 heteroatoms. The van der Waals surface area contributed by atoms with Gasteiger partial charge in [0, 0.05) is 49.5 Å². The molecule has 2 aromatic rings. The maximum atomic E-state index is 13.2. The van der Waals surface area contributed by atoms with Crippen LogP contribution in [0.3, 0.4) is 0 Å². The van der Waals surface area contributed by atoms with E-state index in [0.29, 0.717) is 11.6 Å². The van der Waals surface area contributed by atoms with Gasteiger partial charge in [0.2, 0.25) is 0 Å². The first-order chi connectivity index (χ1) is 11.9. The Morgan fingerprint density at radius 1 is 1.36 bits per heavy atom. The van der Waals surface area contributed by atoms with Crippen LogP contribution in [-0.4, -0.2) is 35.9 Å². The van der Waals surface area contributed by atoms with Crippen LogP contribution in [0.2, 0.25) is 5.02 Å². The van der Waals surface area contributed by atoms with E-state index in [1.54, 1.807) is 19.3 Å². The third-order valence-corrected chi connectivity index (χ3v) is 4.31. The zero-order chi connectivity index (χ0) is 18.3. The molecule has 0 unspecified atom stereocenters. The maximum Gasteiger partial charge on any atom is 0.191 e. The third-order valence-electron chi connectivity index (χ3n) is 4.00. The number of aryl methyl sites for hydroxylation is 1. The van der Waals surface area contributed by atoms with Gasteiger partial charge >= 0.3 is 0 Å². The van der Waals surface area contributed by atoms with Crippen LogP contribution >= 0.6 is 11.6 Å². The number of rotatable bonds is 7. The number of halogens is 2. The van der Waals surface area contributed by atoms with Gasteiger partial charge in [-0.05, 0) is 30.2 Å². The van der Waals surface area contributed by atoms with Crippen molar-refractivity contribution in [3.63, 3.8) is 0 Å². The van der Waals surface area contributed by atoms with Gasteiger partial charge < -0.3 is 10.6 Å². The predicted octanol–water partition coefficient (Wildman–Crippen LogP) is 3.21. The number of aromatic nitrogens is 2. The molecule has 0 aliphatic carbocycles. The lowest BCUT2D eigenvalue weighted by Gasteiger charge is -2.27. The highest BCUT2D eigenvalue weighted by Crippen LogP contribution is 2.29. The average molecular weight is 366 g/mol. The van der Waals surface area contributed by atoms with E-state index in [9.17, 15) is 4.39 Å². The number of hydrogen-bond acceptors (Lipinski definition) is 2. The van der Waals surface area contributed by atoms with Crippen molar-refractivity contribution in [2.24, 2.45) is 4.99 Å². The number of benzene rings is 1. The third kappa shape index (κ3) is 5.74. The zero-order valence-corrected chi connectivity index (χ0v) is 15.6. The van der Waals surface area contributed by atoms with Crippen molar-refractivity contribution < 1.29 is 4.39 Å². The Bertz CT molecular complexity index is 697. The molecule has 0 saturated carbocycles. The molecule has 2 rings (SSSR count). The van der Waals surface area contributed by atoms with Crippen molar-refractivity contribution in [3.05, 3.63) is 53.1 Å². The SMILES string of the molecule is CN=C(NCCCn1cccn1)NCC(C)(C)c1ccc(F)cc1Cl. The molecule has 0 saturated heterocycles. The highest BCUT2D eigenvalue weighted by Gasteiger charge is 2.24. The van der Waals surface area contributed by atoms with Crippen molar-refractivity contribution in [3.8, 4) is 0 Å². The molecule has 0 spiro atoms. The molecular formula is C18H25ClFN5. The van der Waals surface area contributed by atoms with Gasteiger partial charge in [-0.1, -0.05) is 31.5 Å². The van der Waals surface area contributed by atoms with Crippen LogP contribution in [0.25, 0.3) is 0 Å². The van der Waals surface area contributed by atoms with Crippen molar-refractivity contribution in [2.45, 2.75) is 32.2 Å². The molecule has 0 aliphatic rings. The monoisotopic (exact) mass is 365 g/mol. The van der Waals surface area contributed by atoms with Crippen molar-refractivity contribution >= 4 is 17.6 Å². The average Bonchev–Trinajstić information content (AvgIpc) is 3.07. The van der Waals surface area contributed by atoms with Gasteiger partial charge in [0.05, 0.1) is 0 Å². The quantitative estimate of drug-likeness (QED) is 0.450. The topological polar surface area (TPSA) is 54.2 Å². The minimum Gasteiger partial charge on any atom is -0.356 e.